The maximum atomic E-state index is 5.32. The minimum absolute atomic E-state index is 0. The van der Waals surface area contributed by atoms with Crippen molar-refractivity contribution in [2.75, 3.05) is 25.1 Å². The SMILES string of the molecule is CSCCNC(=NCc1ncnn1C)NCCc1ccco1.I. The number of aryl methyl sites for hydroxylation is 1. The molecule has 2 aromatic heterocycles. The molecule has 0 aliphatic heterocycles. The van der Waals surface area contributed by atoms with Gasteiger partial charge < -0.3 is 15.1 Å². The van der Waals surface area contributed by atoms with Crippen LogP contribution in [0.25, 0.3) is 0 Å². The van der Waals surface area contributed by atoms with E-state index < -0.39 is 0 Å². The third kappa shape index (κ3) is 7.25. The number of guanidine groups is 1. The molecule has 23 heavy (non-hydrogen) atoms. The molecule has 128 valence electrons. The minimum atomic E-state index is 0. The highest BCUT2D eigenvalue weighted by molar-refractivity contribution is 14.0. The van der Waals surface area contributed by atoms with Gasteiger partial charge in [-0.3, -0.25) is 4.68 Å². The first-order chi connectivity index (χ1) is 10.8. The molecule has 2 aromatic rings. The standard InChI is InChI=1S/C14H22N6OS.HI/c1-20-13(18-11-19-20)10-17-14(16-7-9-22-2)15-6-5-12-4-3-8-21-12;/h3-4,8,11H,5-7,9-10H2,1-2H3,(H2,15,16,17);1H. The van der Waals surface area contributed by atoms with Crippen molar-refractivity contribution in [3.63, 3.8) is 0 Å². The zero-order valence-electron chi connectivity index (χ0n) is 13.4. The molecule has 0 bridgehead atoms. The summed E-state index contributed by atoms with van der Waals surface area (Å²) in [4.78, 5) is 8.72. The van der Waals surface area contributed by atoms with Crippen molar-refractivity contribution in [1.29, 1.82) is 0 Å². The van der Waals surface area contributed by atoms with E-state index in [-0.39, 0.29) is 24.0 Å². The molecule has 0 unspecified atom stereocenters. The van der Waals surface area contributed by atoms with Crippen LogP contribution in [0.4, 0.5) is 0 Å². The fraction of sp³-hybridized carbons (Fsp3) is 0.500. The van der Waals surface area contributed by atoms with E-state index in [9.17, 15) is 0 Å². The number of aliphatic imine (C=N–C) groups is 1. The number of nitrogens with one attached hydrogen (secondary N) is 2. The average molecular weight is 450 g/mol. The van der Waals surface area contributed by atoms with E-state index in [1.165, 1.54) is 6.33 Å². The van der Waals surface area contributed by atoms with Gasteiger partial charge in [0.15, 0.2) is 5.96 Å². The van der Waals surface area contributed by atoms with Crippen LogP contribution >= 0.6 is 35.7 Å². The van der Waals surface area contributed by atoms with Crippen molar-refractivity contribution >= 4 is 41.7 Å². The monoisotopic (exact) mass is 450 g/mol. The van der Waals surface area contributed by atoms with E-state index >= 15 is 0 Å². The molecular formula is C14H23IN6OS. The van der Waals surface area contributed by atoms with Gasteiger partial charge in [0.05, 0.1) is 6.26 Å². The number of nitrogens with zero attached hydrogens (tertiary/aromatic N) is 4. The molecule has 0 fully saturated rings. The van der Waals surface area contributed by atoms with Crippen molar-refractivity contribution in [3.05, 3.63) is 36.3 Å². The summed E-state index contributed by atoms with van der Waals surface area (Å²) in [6.07, 6.45) is 6.13. The highest BCUT2D eigenvalue weighted by atomic mass is 127. The Bertz CT molecular complexity index is 572. The molecule has 0 saturated heterocycles. The zero-order valence-corrected chi connectivity index (χ0v) is 16.5. The molecule has 2 heterocycles. The first-order valence-electron chi connectivity index (χ1n) is 7.16. The Kier molecular flexibility index (Phi) is 9.76. The van der Waals surface area contributed by atoms with Crippen LogP contribution in [0.5, 0.6) is 0 Å². The van der Waals surface area contributed by atoms with Crippen molar-refractivity contribution in [2.24, 2.45) is 12.0 Å². The Morgan fingerprint density at radius 3 is 2.87 bits per heavy atom. The van der Waals surface area contributed by atoms with Crippen molar-refractivity contribution in [3.8, 4) is 0 Å². The zero-order chi connectivity index (χ0) is 15.6. The largest absolute Gasteiger partial charge is 0.469 e. The predicted octanol–water partition coefficient (Wildman–Crippen LogP) is 1.67. The third-order valence-corrected chi connectivity index (χ3v) is 3.64. The first kappa shape index (κ1) is 19.8. The smallest absolute Gasteiger partial charge is 0.191 e. The van der Waals surface area contributed by atoms with Crippen molar-refractivity contribution in [1.82, 2.24) is 25.4 Å². The second-order valence-corrected chi connectivity index (χ2v) is 5.63. The Morgan fingerprint density at radius 1 is 1.39 bits per heavy atom. The van der Waals surface area contributed by atoms with Crippen molar-refractivity contribution < 1.29 is 4.42 Å². The Morgan fingerprint density at radius 2 is 2.22 bits per heavy atom. The lowest BCUT2D eigenvalue weighted by Crippen LogP contribution is -2.39. The number of aromatic nitrogens is 3. The van der Waals surface area contributed by atoms with E-state index in [0.29, 0.717) is 6.54 Å². The Hall–Kier alpha value is -1.23. The number of hydrogen-bond donors (Lipinski definition) is 2. The van der Waals surface area contributed by atoms with Crippen LogP contribution in [0.1, 0.15) is 11.6 Å². The number of thioether (sulfide) groups is 1. The second kappa shape index (κ2) is 11.3. The number of furan rings is 1. The van der Waals surface area contributed by atoms with Gasteiger partial charge in [-0.05, 0) is 18.4 Å². The molecule has 2 rings (SSSR count). The molecule has 0 atom stereocenters. The van der Waals surface area contributed by atoms with Gasteiger partial charge in [0.1, 0.15) is 24.5 Å². The van der Waals surface area contributed by atoms with Gasteiger partial charge in [-0.1, -0.05) is 0 Å². The lowest BCUT2D eigenvalue weighted by molar-refractivity contribution is 0.507. The molecule has 0 amide bonds. The lowest BCUT2D eigenvalue weighted by atomic mass is 10.3. The molecule has 2 N–H and O–H groups in total. The van der Waals surface area contributed by atoms with E-state index in [0.717, 1.165) is 42.8 Å². The molecule has 0 aromatic carbocycles. The lowest BCUT2D eigenvalue weighted by Gasteiger charge is -2.11. The normalized spacial score (nSPS) is 11.1. The number of hydrogen-bond acceptors (Lipinski definition) is 5. The Labute approximate surface area is 157 Å². The van der Waals surface area contributed by atoms with Crippen LogP contribution in [0.2, 0.25) is 0 Å². The second-order valence-electron chi connectivity index (χ2n) is 4.64. The summed E-state index contributed by atoms with van der Waals surface area (Å²) in [7, 11) is 1.86. The van der Waals surface area contributed by atoms with Crippen LogP contribution < -0.4 is 10.6 Å². The number of halogens is 1. The van der Waals surface area contributed by atoms with Gasteiger partial charge in [-0.15, -0.1) is 24.0 Å². The van der Waals surface area contributed by atoms with Gasteiger partial charge in [-0.2, -0.15) is 16.9 Å². The van der Waals surface area contributed by atoms with Gasteiger partial charge in [0.2, 0.25) is 0 Å². The Balaban J connectivity index is 0.00000264. The summed E-state index contributed by atoms with van der Waals surface area (Å²) in [6, 6.07) is 3.87. The molecule has 0 saturated carbocycles. The molecule has 0 aliphatic rings. The summed E-state index contributed by atoms with van der Waals surface area (Å²) in [5.41, 5.74) is 0. The first-order valence-corrected chi connectivity index (χ1v) is 8.55. The number of rotatable bonds is 8. The molecule has 0 aliphatic carbocycles. The van der Waals surface area contributed by atoms with Crippen LogP contribution in [-0.2, 0) is 20.0 Å². The van der Waals surface area contributed by atoms with Gasteiger partial charge in [-0.25, -0.2) is 9.98 Å². The van der Waals surface area contributed by atoms with Crippen LogP contribution in [0, 0.1) is 0 Å². The fourth-order valence-electron chi connectivity index (χ4n) is 1.82. The van der Waals surface area contributed by atoms with Gasteiger partial charge in [0, 0.05) is 32.3 Å². The predicted molar refractivity (Wildman–Crippen MR) is 104 cm³/mol. The maximum Gasteiger partial charge on any atom is 0.191 e. The van der Waals surface area contributed by atoms with Crippen LogP contribution in [0.15, 0.2) is 34.1 Å². The summed E-state index contributed by atoms with van der Waals surface area (Å²) in [6.45, 7) is 2.12. The van der Waals surface area contributed by atoms with E-state index in [4.69, 9.17) is 4.42 Å². The maximum absolute atomic E-state index is 5.32. The highest BCUT2D eigenvalue weighted by Crippen LogP contribution is 1.99. The molecule has 7 nitrogen and oxygen atoms in total. The quantitative estimate of drug-likeness (QED) is 0.276. The van der Waals surface area contributed by atoms with Crippen LogP contribution in [0.3, 0.4) is 0 Å². The van der Waals surface area contributed by atoms with Gasteiger partial charge in [0.25, 0.3) is 0 Å². The van der Waals surface area contributed by atoms with Crippen LogP contribution in [-0.4, -0.2) is 45.8 Å². The minimum Gasteiger partial charge on any atom is -0.469 e. The van der Waals surface area contributed by atoms with E-state index in [1.54, 1.807) is 22.7 Å². The average Bonchev–Trinajstić information content (AvgIpc) is 3.16. The topological polar surface area (TPSA) is 80.3 Å². The molecular weight excluding hydrogens is 427 g/mol. The summed E-state index contributed by atoms with van der Waals surface area (Å²) >= 11 is 1.80. The van der Waals surface area contributed by atoms with Gasteiger partial charge >= 0.3 is 0 Å². The molecule has 0 radical (unpaired) electrons. The third-order valence-electron chi connectivity index (χ3n) is 3.03. The highest BCUT2D eigenvalue weighted by Gasteiger charge is 2.03. The fourth-order valence-corrected chi connectivity index (χ4v) is 2.12. The summed E-state index contributed by atoms with van der Waals surface area (Å²) in [5, 5.41) is 10.7. The van der Waals surface area contributed by atoms with Crippen molar-refractivity contribution in [2.45, 2.75) is 13.0 Å². The molecule has 9 heteroatoms. The summed E-state index contributed by atoms with van der Waals surface area (Å²) < 4.78 is 7.05. The van der Waals surface area contributed by atoms with E-state index in [1.807, 2.05) is 19.2 Å². The molecule has 0 spiro atoms. The van der Waals surface area contributed by atoms with E-state index in [2.05, 4.69) is 32.0 Å². The summed E-state index contributed by atoms with van der Waals surface area (Å²) in [5.74, 6) is 3.60.